The molecule has 0 saturated carbocycles. The third kappa shape index (κ3) is 6.06. The van der Waals surface area contributed by atoms with E-state index in [1.165, 1.54) is 12.1 Å². The Kier molecular flexibility index (Phi) is 7.45. The van der Waals surface area contributed by atoms with Crippen LogP contribution in [0.2, 0.25) is 0 Å². The molecule has 0 bridgehead atoms. The summed E-state index contributed by atoms with van der Waals surface area (Å²) in [7, 11) is 1.62. The first-order valence-corrected chi connectivity index (χ1v) is 12.1. The molecular weight excluding hydrogens is 471 g/mol. The minimum atomic E-state index is -0.625. The molecule has 0 fully saturated rings. The predicted molar refractivity (Wildman–Crippen MR) is 144 cm³/mol. The largest absolute Gasteiger partial charge is 0.497 e. The van der Waals surface area contributed by atoms with Gasteiger partial charge in [-0.3, -0.25) is 14.9 Å². The van der Waals surface area contributed by atoms with Crippen LogP contribution in [0.4, 0.5) is 15.8 Å². The van der Waals surface area contributed by atoms with Crippen LogP contribution >= 0.6 is 0 Å². The molecule has 6 nitrogen and oxygen atoms in total. The summed E-state index contributed by atoms with van der Waals surface area (Å²) in [6.07, 6.45) is 0. The standard InChI is InChI=1S/C30H31FN2O4/c1-18(19-9-13-22(31)14-10-19)32-25(20-11-15-24(36-5)16-12-20)21-7-6-8-23(17-21)33-26-27(34)28(35)29(26)37-30(2,3)4/h6-18,25,32-33H,1-5H3/t18-,25?/m1/s1. The Hall–Kier alpha value is -3.97. The molecule has 0 aromatic heterocycles. The monoisotopic (exact) mass is 502 g/mol. The molecule has 192 valence electrons. The lowest BCUT2D eigenvalue weighted by molar-refractivity contribution is 0.128. The van der Waals surface area contributed by atoms with Gasteiger partial charge in [0.15, 0.2) is 5.75 Å². The highest BCUT2D eigenvalue weighted by Crippen LogP contribution is 2.31. The molecule has 0 saturated heterocycles. The van der Waals surface area contributed by atoms with Crippen molar-refractivity contribution in [2.24, 2.45) is 0 Å². The van der Waals surface area contributed by atoms with Gasteiger partial charge in [-0.05, 0) is 80.8 Å². The Balaban J connectivity index is 1.66. The summed E-state index contributed by atoms with van der Waals surface area (Å²) in [5.41, 5.74) is 1.85. The van der Waals surface area contributed by atoms with Crippen molar-refractivity contribution in [3.63, 3.8) is 0 Å². The molecule has 4 aromatic carbocycles. The summed E-state index contributed by atoms with van der Waals surface area (Å²) < 4.78 is 24.5. The summed E-state index contributed by atoms with van der Waals surface area (Å²) in [6, 6.07) is 21.5. The lowest BCUT2D eigenvalue weighted by Gasteiger charge is -2.26. The third-order valence-corrected chi connectivity index (χ3v) is 6.00. The van der Waals surface area contributed by atoms with Crippen LogP contribution in [-0.4, -0.2) is 12.7 Å². The average Bonchev–Trinajstić information content (AvgIpc) is 2.89. The quantitative estimate of drug-likeness (QED) is 0.282. The van der Waals surface area contributed by atoms with E-state index in [9.17, 15) is 14.0 Å². The molecule has 37 heavy (non-hydrogen) atoms. The summed E-state index contributed by atoms with van der Waals surface area (Å²) in [4.78, 5) is 24.4. The fourth-order valence-electron chi connectivity index (χ4n) is 4.11. The van der Waals surface area contributed by atoms with Crippen LogP contribution in [0, 0.1) is 5.82 Å². The summed E-state index contributed by atoms with van der Waals surface area (Å²) >= 11 is 0. The number of anilines is 2. The molecule has 0 aliphatic rings. The zero-order valence-electron chi connectivity index (χ0n) is 21.6. The highest BCUT2D eigenvalue weighted by Gasteiger charge is 2.27. The van der Waals surface area contributed by atoms with Crippen LogP contribution in [0.5, 0.6) is 11.5 Å². The van der Waals surface area contributed by atoms with Gasteiger partial charge in [0.25, 0.3) is 10.9 Å². The lowest BCUT2D eigenvalue weighted by Crippen LogP contribution is -2.39. The Morgan fingerprint density at radius 3 is 2.11 bits per heavy atom. The maximum absolute atomic E-state index is 13.5. The van der Waals surface area contributed by atoms with Gasteiger partial charge in [-0.25, -0.2) is 4.39 Å². The Bertz CT molecular complexity index is 1430. The second-order valence-electron chi connectivity index (χ2n) is 9.97. The minimum absolute atomic E-state index is 0.0534. The number of methoxy groups -OCH3 is 1. The molecule has 7 heteroatoms. The molecule has 4 rings (SSSR count). The van der Waals surface area contributed by atoms with E-state index >= 15 is 0 Å². The normalized spacial score (nSPS) is 13.2. The van der Waals surface area contributed by atoms with E-state index in [-0.39, 0.29) is 29.3 Å². The topological polar surface area (TPSA) is 76.7 Å². The zero-order chi connectivity index (χ0) is 26.7. The Morgan fingerprint density at radius 1 is 0.838 bits per heavy atom. The van der Waals surface area contributed by atoms with Gasteiger partial charge in [0.2, 0.25) is 0 Å². The van der Waals surface area contributed by atoms with E-state index in [1.807, 2.05) is 76.2 Å². The molecule has 2 N–H and O–H groups in total. The number of hydrogen-bond donors (Lipinski definition) is 2. The minimum Gasteiger partial charge on any atom is -0.497 e. The van der Waals surface area contributed by atoms with Crippen LogP contribution in [0.15, 0.2) is 82.4 Å². The number of benzene rings is 3. The molecule has 1 unspecified atom stereocenters. The van der Waals surface area contributed by atoms with Gasteiger partial charge < -0.3 is 14.8 Å². The number of halogens is 1. The molecule has 4 aromatic rings. The molecule has 0 spiro atoms. The van der Waals surface area contributed by atoms with Crippen molar-refractivity contribution in [2.75, 3.05) is 12.4 Å². The lowest BCUT2D eigenvalue weighted by atomic mass is 9.96. The first-order chi connectivity index (χ1) is 17.6. The van der Waals surface area contributed by atoms with E-state index in [4.69, 9.17) is 9.47 Å². The summed E-state index contributed by atoms with van der Waals surface area (Å²) in [6.45, 7) is 7.48. The SMILES string of the molecule is COc1ccc(C(N[C@H](C)c2ccc(F)cc2)c2cccc(Nc3c(OC(C)(C)C)c(=O)c3=O)c2)cc1. The van der Waals surface area contributed by atoms with Gasteiger partial charge in [-0.15, -0.1) is 0 Å². The van der Waals surface area contributed by atoms with Crippen molar-refractivity contribution >= 4 is 11.4 Å². The van der Waals surface area contributed by atoms with Crippen LogP contribution in [0.25, 0.3) is 0 Å². The van der Waals surface area contributed by atoms with E-state index in [2.05, 4.69) is 10.6 Å². The van der Waals surface area contributed by atoms with Crippen LogP contribution < -0.4 is 31.0 Å². The second-order valence-corrected chi connectivity index (χ2v) is 9.97. The molecule has 2 atom stereocenters. The van der Waals surface area contributed by atoms with Gasteiger partial charge >= 0.3 is 0 Å². The van der Waals surface area contributed by atoms with Gasteiger partial charge in [-0.1, -0.05) is 36.4 Å². The molecule has 0 radical (unpaired) electrons. The van der Waals surface area contributed by atoms with Crippen molar-refractivity contribution in [2.45, 2.75) is 45.4 Å². The van der Waals surface area contributed by atoms with E-state index in [0.29, 0.717) is 5.69 Å². The van der Waals surface area contributed by atoms with Gasteiger partial charge in [-0.2, -0.15) is 0 Å². The first-order valence-electron chi connectivity index (χ1n) is 12.1. The highest BCUT2D eigenvalue weighted by atomic mass is 19.1. The Morgan fingerprint density at radius 2 is 1.49 bits per heavy atom. The maximum atomic E-state index is 13.5. The fraction of sp³-hybridized carbons (Fsp3) is 0.267. The van der Waals surface area contributed by atoms with Crippen LogP contribution in [0.1, 0.15) is 56.5 Å². The maximum Gasteiger partial charge on any atom is 0.272 e. The van der Waals surface area contributed by atoms with E-state index < -0.39 is 16.5 Å². The van der Waals surface area contributed by atoms with Crippen molar-refractivity contribution in [1.29, 1.82) is 0 Å². The first kappa shape index (κ1) is 26.1. The third-order valence-electron chi connectivity index (χ3n) is 6.00. The van der Waals surface area contributed by atoms with Crippen molar-refractivity contribution in [1.82, 2.24) is 5.32 Å². The molecular formula is C30H31FN2O4. The number of ether oxygens (including phenoxy) is 2. The fourth-order valence-corrected chi connectivity index (χ4v) is 4.11. The predicted octanol–water partition coefficient (Wildman–Crippen LogP) is 5.79. The van der Waals surface area contributed by atoms with Crippen molar-refractivity contribution in [3.8, 4) is 11.5 Å². The van der Waals surface area contributed by atoms with Gasteiger partial charge in [0.1, 0.15) is 22.9 Å². The van der Waals surface area contributed by atoms with E-state index in [1.54, 1.807) is 19.2 Å². The van der Waals surface area contributed by atoms with Crippen LogP contribution in [0.3, 0.4) is 0 Å². The van der Waals surface area contributed by atoms with Crippen molar-refractivity contribution < 1.29 is 13.9 Å². The molecule has 0 heterocycles. The van der Waals surface area contributed by atoms with E-state index in [0.717, 1.165) is 22.4 Å². The second kappa shape index (κ2) is 10.6. The average molecular weight is 503 g/mol. The molecule has 0 aliphatic heterocycles. The highest BCUT2D eigenvalue weighted by molar-refractivity contribution is 5.70. The van der Waals surface area contributed by atoms with Gasteiger partial charge in [0, 0.05) is 11.7 Å². The smallest absolute Gasteiger partial charge is 0.272 e. The zero-order valence-corrected chi connectivity index (χ0v) is 21.6. The van der Waals surface area contributed by atoms with Crippen LogP contribution in [-0.2, 0) is 0 Å². The number of hydrogen-bond acceptors (Lipinski definition) is 6. The molecule has 0 aliphatic carbocycles. The summed E-state index contributed by atoms with van der Waals surface area (Å²) in [5.74, 6) is 0.517. The molecule has 0 amide bonds. The van der Waals surface area contributed by atoms with Crippen molar-refractivity contribution in [3.05, 3.63) is 116 Å². The summed E-state index contributed by atoms with van der Waals surface area (Å²) in [5, 5.41) is 6.72. The van der Waals surface area contributed by atoms with Gasteiger partial charge in [0.05, 0.1) is 13.2 Å². The number of nitrogens with one attached hydrogen (secondary N) is 2. The Labute approximate surface area is 215 Å². The number of rotatable bonds is 9.